The number of aromatic nitrogens is 3. The SMILES string of the molecule is Cc1ccc(C(=O)Nc2ccc(Oc3ccc(-n4cccc4)nn3)cc2)c(C)c1. The van der Waals surface area contributed by atoms with Gasteiger partial charge < -0.3 is 14.6 Å². The standard InChI is InChI=1S/C23H20N4O2/c1-16-5-10-20(17(2)15-16)23(28)24-18-6-8-19(9-7-18)29-22-12-11-21(25-26-22)27-13-3-4-14-27/h3-15H,1-2H3,(H,24,28). The van der Waals surface area contributed by atoms with Crippen LogP contribution in [-0.2, 0) is 0 Å². The number of nitrogens with zero attached hydrogens (tertiary/aromatic N) is 3. The van der Waals surface area contributed by atoms with Crippen LogP contribution >= 0.6 is 0 Å². The first-order valence-corrected chi connectivity index (χ1v) is 9.22. The molecule has 1 N–H and O–H groups in total. The number of nitrogens with one attached hydrogen (secondary N) is 1. The van der Waals surface area contributed by atoms with Gasteiger partial charge in [-0.25, -0.2) is 0 Å². The molecule has 2 aromatic carbocycles. The molecule has 0 saturated heterocycles. The zero-order chi connectivity index (χ0) is 20.2. The molecule has 2 heterocycles. The Kier molecular flexibility index (Phi) is 5.07. The number of hydrogen-bond acceptors (Lipinski definition) is 4. The monoisotopic (exact) mass is 384 g/mol. The number of ether oxygens (including phenoxy) is 1. The number of benzene rings is 2. The molecule has 0 spiro atoms. The number of anilines is 1. The molecule has 0 unspecified atom stereocenters. The van der Waals surface area contributed by atoms with Crippen LogP contribution in [0.3, 0.4) is 0 Å². The molecule has 0 bridgehead atoms. The molecule has 0 aliphatic heterocycles. The number of hydrogen-bond donors (Lipinski definition) is 1. The predicted octanol–water partition coefficient (Wildman–Crippen LogP) is 4.93. The fourth-order valence-electron chi connectivity index (χ4n) is 2.99. The van der Waals surface area contributed by atoms with E-state index in [0.29, 0.717) is 28.7 Å². The highest BCUT2D eigenvalue weighted by Gasteiger charge is 2.09. The van der Waals surface area contributed by atoms with Gasteiger partial charge in [-0.05, 0) is 67.9 Å². The van der Waals surface area contributed by atoms with Crippen molar-refractivity contribution in [2.75, 3.05) is 5.32 Å². The lowest BCUT2D eigenvalue weighted by atomic mass is 10.1. The maximum Gasteiger partial charge on any atom is 0.255 e. The minimum atomic E-state index is -0.136. The first kappa shape index (κ1) is 18.4. The van der Waals surface area contributed by atoms with Gasteiger partial charge in [0.05, 0.1) is 0 Å². The van der Waals surface area contributed by atoms with Crippen molar-refractivity contribution in [2.24, 2.45) is 0 Å². The number of carbonyl (C=O) groups is 1. The normalized spacial score (nSPS) is 10.6. The molecule has 0 fully saturated rings. The Morgan fingerprint density at radius 2 is 1.69 bits per heavy atom. The largest absolute Gasteiger partial charge is 0.438 e. The Hall–Kier alpha value is -3.93. The van der Waals surface area contributed by atoms with Crippen molar-refractivity contribution < 1.29 is 9.53 Å². The van der Waals surface area contributed by atoms with Crippen LogP contribution in [0, 0.1) is 13.8 Å². The van der Waals surface area contributed by atoms with Crippen molar-refractivity contribution in [3.8, 4) is 17.4 Å². The third-order valence-electron chi connectivity index (χ3n) is 4.46. The summed E-state index contributed by atoms with van der Waals surface area (Å²) in [5.74, 6) is 1.58. The van der Waals surface area contributed by atoms with Gasteiger partial charge in [0.15, 0.2) is 5.82 Å². The molecule has 144 valence electrons. The third-order valence-corrected chi connectivity index (χ3v) is 4.46. The van der Waals surface area contributed by atoms with Crippen molar-refractivity contribution in [3.63, 3.8) is 0 Å². The zero-order valence-corrected chi connectivity index (χ0v) is 16.2. The average molecular weight is 384 g/mol. The van der Waals surface area contributed by atoms with Gasteiger partial charge in [0, 0.05) is 29.7 Å². The summed E-state index contributed by atoms with van der Waals surface area (Å²) in [5.41, 5.74) is 3.43. The maximum absolute atomic E-state index is 12.5. The van der Waals surface area contributed by atoms with E-state index in [-0.39, 0.29) is 5.91 Å². The van der Waals surface area contributed by atoms with Crippen LogP contribution in [0.2, 0.25) is 0 Å². The smallest absolute Gasteiger partial charge is 0.255 e. The van der Waals surface area contributed by atoms with E-state index in [9.17, 15) is 4.79 Å². The molecule has 0 saturated carbocycles. The van der Waals surface area contributed by atoms with Crippen LogP contribution in [0.1, 0.15) is 21.5 Å². The molecule has 0 aliphatic rings. The topological polar surface area (TPSA) is 69.0 Å². The van der Waals surface area contributed by atoms with E-state index in [1.165, 1.54) is 0 Å². The van der Waals surface area contributed by atoms with Gasteiger partial charge in [-0.3, -0.25) is 4.79 Å². The second kappa shape index (κ2) is 7.98. The van der Waals surface area contributed by atoms with Crippen molar-refractivity contribution >= 4 is 11.6 Å². The fourth-order valence-corrected chi connectivity index (χ4v) is 2.99. The van der Waals surface area contributed by atoms with Gasteiger partial charge in [0.1, 0.15) is 5.75 Å². The first-order valence-electron chi connectivity index (χ1n) is 9.22. The van der Waals surface area contributed by atoms with Crippen LogP contribution in [0.15, 0.2) is 79.1 Å². The summed E-state index contributed by atoms with van der Waals surface area (Å²) in [7, 11) is 0. The Labute approximate surface area is 168 Å². The van der Waals surface area contributed by atoms with Gasteiger partial charge >= 0.3 is 0 Å². The maximum atomic E-state index is 12.5. The number of aryl methyl sites for hydroxylation is 2. The molecule has 0 aliphatic carbocycles. The van der Waals surface area contributed by atoms with Crippen molar-refractivity contribution in [2.45, 2.75) is 13.8 Å². The Balaban J connectivity index is 1.40. The van der Waals surface area contributed by atoms with Crippen LogP contribution < -0.4 is 10.1 Å². The van der Waals surface area contributed by atoms with Gasteiger partial charge in [0.25, 0.3) is 5.91 Å². The van der Waals surface area contributed by atoms with E-state index < -0.39 is 0 Å². The van der Waals surface area contributed by atoms with E-state index in [1.807, 2.05) is 67.2 Å². The quantitative estimate of drug-likeness (QED) is 0.530. The summed E-state index contributed by atoms with van der Waals surface area (Å²) in [4.78, 5) is 12.5. The molecule has 4 aromatic rings. The number of amides is 1. The van der Waals surface area contributed by atoms with E-state index in [2.05, 4.69) is 15.5 Å². The highest BCUT2D eigenvalue weighted by Crippen LogP contribution is 2.22. The molecule has 2 aromatic heterocycles. The average Bonchev–Trinajstić information content (AvgIpc) is 3.25. The fraction of sp³-hybridized carbons (Fsp3) is 0.0870. The van der Waals surface area contributed by atoms with E-state index in [0.717, 1.165) is 11.1 Å². The van der Waals surface area contributed by atoms with Crippen LogP contribution in [0.4, 0.5) is 5.69 Å². The highest BCUT2D eigenvalue weighted by atomic mass is 16.5. The van der Waals surface area contributed by atoms with Gasteiger partial charge in [-0.1, -0.05) is 17.7 Å². The molecule has 6 nitrogen and oxygen atoms in total. The number of carbonyl (C=O) groups excluding carboxylic acids is 1. The van der Waals surface area contributed by atoms with E-state index in [4.69, 9.17) is 4.74 Å². The summed E-state index contributed by atoms with van der Waals surface area (Å²) < 4.78 is 7.60. The van der Waals surface area contributed by atoms with E-state index in [1.54, 1.807) is 30.3 Å². The summed E-state index contributed by atoms with van der Waals surface area (Å²) in [5, 5.41) is 11.2. The summed E-state index contributed by atoms with van der Waals surface area (Å²) >= 11 is 0. The van der Waals surface area contributed by atoms with Crippen molar-refractivity contribution in [3.05, 3.63) is 95.8 Å². The molecule has 0 atom stereocenters. The molecular weight excluding hydrogens is 364 g/mol. The van der Waals surface area contributed by atoms with Gasteiger partial charge in [-0.2, -0.15) is 0 Å². The predicted molar refractivity (Wildman–Crippen MR) is 112 cm³/mol. The Morgan fingerprint density at radius 1 is 0.931 bits per heavy atom. The van der Waals surface area contributed by atoms with Crippen LogP contribution in [0.25, 0.3) is 5.82 Å². The lowest BCUT2D eigenvalue weighted by molar-refractivity contribution is 0.102. The first-order chi connectivity index (χ1) is 14.1. The molecule has 29 heavy (non-hydrogen) atoms. The van der Waals surface area contributed by atoms with E-state index >= 15 is 0 Å². The molecule has 1 amide bonds. The molecular formula is C23H20N4O2. The molecule has 6 heteroatoms. The highest BCUT2D eigenvalue weighted by molar-refractivity contribution is 6.05. The van der Waals surface area contributed by atoms with Crippen LogP contribution in [-0.4, -0.2) is 20.7 Å². The summed E-state index contributed by atoms with van der Waals surface area (Å²) in [6.07, 6.45) is 3.80. The summed E-state index contributed by atoms with van der Waals surface area (Å²) in [6, 6.07) is 20.3. The van der Waals surface area contributed by atoms with Gasteiger partial charge in [-0.15, -0.1) is 10.2 Å². The second-order valence-corrected chi connectivity index (χ2v) is 6.72. The summed E-state index contributed by atoms with van der Waals surface area (Å²) in [6.45, 7) is 3.94. The van der Waals surface area contributed by atoms with Crippen molar-refractivity contribution in [1.29, 1.82) is 0 Å². The van der Waals surface area contributed by atoms with Crippen molar-refractivity contribution in [1.82, 2.24) is 14.8 Å². The molecule has 0 radical (unpaired) electrons. The lowest BCUT2D eigenvalue weighted by Gasteiger charge is -2.10. The second-order valence-electron chi connectivity index (χ2n) is 6.72. The van der Waals surface area contributed by atoms with Crippen LogP contribution in [0.5, 0.6) is 11.6 Å². The Bertz CT molecular complexity index is 1120. The minimum absolute atomic E-state index is 0.136. The zero-order valence-electron chi connectivity index (χ0n) is 16.2. The molecule has 4 rings (SSSR count). The lowest BCUT2D eigenvalue weighted by Crippen LogP contribution is -2.13. The minimum Gasteiger partial charge on any atom is -0.438 e. The Morgan fingerprint density at radius 3 is 2.34 bits per heavy atom. The third kappa shape index (κ3) is 4.32. The van der Waals surface area contributed by atoms with Gasteiger partial charge in [0.2, 0.25) is 5.88 Å². The number of rotatable bonds is 5.